The van der Waals surface area contributed by atoms with Gasteiger partial charge in [-0.3, -0.25) is 9.78 Å². The summed E-state index contributed by atoms with van der Waals surface area (Å²) in [5.41, 5.74) is 2.25. The summed E-state index contributed by atoms with van der Waals surface area (Å²) in [7, 11) is 0. The molecule has 0 spiro atoms. The Kier molecular flexibility index (Phi) is 7.02. The molecule has 194 valence electrons. The number of amides is 1. The van der Waals surface area contributed by atoms with Gasteiger partial charge in [-0.2, -0.15) is 0 Å². The normalized spacial score (nSPS) is 17.9. The number of carbonyl (C=O) groups excluding carboxylic acids is 2. The highest BCUT2D eigenvalue weighted by Gasteiger charge is 2.32. The maximum atomic E-state index is 13.0. The summed E-state index contributed by atoms with van der Waals surface area (Å²) >= 11 is 3.54. The number of pyridine rings is 1. The maximum absolute atomic E-state index is 13.0. The minimum Gasteiger partial charge on any atom is -0.444 e. The number of ketones is 1. The summed E-state index contributed by atoms with van der Waals surface area (Å²) in [5.74, 6) is 0.788. The van der Waals surface area contributed by atoms with Crippen molar-refractivity contribution in [2.75, 3.05) is 23.3 Å². The van der Waals surface area contributed by atoms with E-state index in [2.05, 4.69) is 46.4 Å². The van der Waals surface area contributed by atoms with Gasteiger partial charge in [-0.15, -0.1) is 0 Å². The minimum absolute atomic E-state index is 0.0392. The van der Waals surface area contributed by atoms with Gasteiger partial charge in [0.05, 0.1) is 34.8 Å². The molecular formula is C27H31BrN6O3. The molecule has 1 unspecified atom stereocenters. The first-order valence-corrected chi connectivity index (χ1v) is 13.4. The molecular weight excluding hydrogens is 536 g/mol. The van der Waals surface area contributed by atoms with Crippen molar-refractivity contribution >= 4 is 56.0 Å². The van der Waals surface area contributed by atoms with E-state index in [0.29, 0.717) is 23.7 Å². The second-order valence-electron chi connectivity index (χ2n) is 10.7. The second kappa shape index (κ2) is 10.2. The van der Waals surface area contributed by atoms with Crippen LogP contribution in [0.1, 0.15) is 56.8 Å². The molecule has 0 bridgehead atoms. The van der Waals surface area contributed by atoms with Crippen LogP contribution in [0.3, 0.4) is 0 Å². The highest BCUT2D eigenvalue weighted by molar-refractivity contribution is 9.10. The van der Waals surface area contributed by atoms with Gasteiger partial charge in [-0.05, 0) is 64.7 Å². The third-order valence-corrected chi connectivity index (χ3v) is 6.87. The van der Waals surface area contributed by atoms with Crippen molar-refractivity contribution in [2.45, 2.75) is 58.1 Å². The number of benzene rings is 1. The molecule has 1 atom stereocenters. The Balaban J connectivity index is 1.33. The lowest BCUT2D eigenvalue weighted by molar-refractivity contribution is 0.0499. The van der Waals surface area contributed by atoms with Gasteiger partial charge in [-0.25, -0.2) is 14.8 Å². The Morgan fingerprint density at radius 1 is 1.08 bits per heavy atom. The summed E-state index contributed by atoms with van der Waals surface area (Å²) in [6.45, 7) is 6.96. The highest BCUT2D eigenvalue weighted by atomic mass is 79.9. The number of carbonyl (C=O) groups is 2. The lowest BCUT2D eigenvalue weighted by Gasteiger charge is -2.33. The van der Waals surface area contributed by atoms with Crippen molar-refractivity contribution in [1.29, 1.82) is 0 Å². The first-order valence-electron chi connectivity index (χ1n) is 12.6. The number of ether oxygens (including phenoxy) is 1. The zero-order valence-corrected chi connectivity index (χ0v) is 22.8. The quantitative estimate of drug-likeness (QED) is 0.370. The Bertz CT molecular complexity index is 1320. The summed E-state index contributed by atoms with van der Waals surface area (Å²) < 4.78 is 6.31. The Hall–Kier alpha value is -3.27. The number of rotatable bonds is 6. The zero-order chi connectivity index (χ0) is 26.2. The second-order valence-corrected chi connectivity index (χ2v) is 11.6. The highest BCUT2D eigenvalue weighted by Crippen LogP contribution is 2.38. The van der Waals surface area contributed by atoms with E-state index < -0.39 is 11.7 Å². The largest absolute Gasteiger partial charge is 0.444 e. The van der Waals surface area contributed by atoms with Crippen LogP contribution in [0.25, 0.3) is 10.9 Å². The van der Waals surface area contributed by atoms with E-state index in [1.165, 1.54) is 0 Å². The molecule has 1 saturated heterocycles. The van der Waals surface area contributed by atoms with Gasteiger partial charge in [0.15, 0.2) is 5.78 Å². The predicted molar refractivity (Wildman–Crippen MR) is 146 cm³/mol. The van der Waals surface area contributed by atoms with Crippen molar-refractivity contribution in [2.24, 2.45) is 5.92 Å². The van der Waals surface area contributed by atoms with E-state index in [1.807, 2.05) is 39.0 Å². The van der Waals surface area contributed by atoms with Crippen molar-refractivity contribution in [3.05, 3.63) is 46.8 Å². The van der Waals surface area contributed by atoms with Crippen molar-refractivity contribution in [3.63, 3.8) is 0 Å². The molecule has 1 aromatic carbocycles. The molecule has 1 aliphatic carbocycles. The minimum atomic E-state index is -0.538. The molecule has 2 fully saturated rings. The smallest absolute Gasteiger partial charge is 0.407 e. The third-order valence-electron chi connectivity index (χ3n) is 6.38. The monoisotopic (exact) mass is 566 g/mol. The fourth-order valence-electron chi connectivity index (χ4n) is 4.50. The number of halogens is 1. The van der Waals surface area contributed by atoms with E-state index in [4.69, 9.17) is 4.74 Å². The van der Waals surface area contributed by atoms with Crippen LogP contribution in [0.4, 0.5) is 22.1 Å². The zero-order valence-electron chi connectivity index (χ0n) is 21.3. The van der Waals surface area contributed by atoms with Gasteiger partial charge < -0.3 is 20.3 Å². The fraction of sp³-hybridized carbons (Fsp3) is 0.444. The van der Waals surface area contributed by atoms with Crippen molar-refractivity contribution in [1.82, 2.24) is 20.3 Å². The number of piperidine rings is 1. The third kappa shape index (κ3) is 6.18. The Morgan fingerprint density at radius 2 is 1.84 bits per heavy atom. The number of hydrogen-bond donors (Lipinski definition) is 2. The van der Waals surface area contributed by atoms with Crippen LogP contribution in [0.5, 0.6) is 0 Å². The number of alkyl carbamates (subject to hydrolysis) is 1. The van der Waals surface area contributed by atoms with Gasteiger partial charge in [0.2, 0.25) is 5.95 Å². The lowest BCUT2D eigenvalue weighted by Crippen LogP contribution is -2.49. The van der Waals surface area contributed by atoms with Crippen LogP contribution in [0.15, 0.2) is 41.3 Å². The number of nitrogens with one attached hydrogen (secondary N) is 2. The van der Waals surface area contributed by atoms with Crippen LogP contribution >= 0.6 is 15.9 Å². The topological polar surface area (TPSA) is 109 Å². The first-order chi connectivity index (χ1) is 17.7. The molecule has 37 heavy (non-hydrogen) atoms. The number of fused-ring (bicyclic) bond motifs is 1. The molecule has 1 saturated carbocycles. The maximum Gasteiger partial charge on any atom is 0.407 e. The van der Waals surface area contributed by atoms with E-state index in [-0.39, 0.29) is 17.7 Å². The number of anilines is 3. The Labute approximate surface area is 224 Å². The predicted octanol–water partition coefficient (Wildman–Crippen LogP) is 5.62. The number of hydrogen-bond acceptors (Lipinski definition) is 8. The van der Waals surface area contributed by atoms with Crippen LogP contribution in [0.2, 0.25) is 0 Å². The van der Waals surface area contributed by atoms with E-state index >= 15 is 0 Å². The van der Waals surface area contributed by atoms with Crippen LogP contribution in [0, 0.1) is 5.92 Å². The van der Waals surface area contributed by atoms with Crippen LogP contribution in [-0.2, 0) is 4.74 Å². The average molecular weight is 567 g/mol. The van der Waals surface area contributed by atoms with Gasteiger partial charge in [0, 0.05) is 41.1 Å². The molecule has 1 aliphatic heterocycles. The van der Waals surface area contributed by atoms with E-state index in [1.54, 1.807) is 18.6 Å². The molecule has 2 aliphatic rings. The molecule has 1 amide bonds. The molecule has 5 rings (SSSR count). The molecule has 10 heteroatoms. The van der Waals surface area contributed by atoms with Gasteiger partial charge in [-0.1, -0.05) is 15.9 Å². The molecule has 3 aromatic rings. The Morgan fingerprint density at radius 3 is 2.54 bits per heavy atom. The number of aromatic nitrogens is 3. The number of Topliss-reactive ketones (excluding diaryl/α,β-unsaturated/α-hetero) is 1. The summed E-state index contributed by atoms with van der Waals surface area (Å²) in [4.78, 5) is 41.0. The van der Waals surface area contributed by atoms with Crippen LogP contribution in [-0.4, -0.2) is 51.6 Å². The van der Waals surface area contributed by atoms with Crippen LogP contribution < -0.4 is 15.5 Å². The summed E-state index contributed by atoms with van der Waals surface area (Å²) in [6.07, 6.45) is 8.34. The standard InChI is InChI=1S/C27H31BrN6O3/c1-27(2,3)37-26(36)33-18-5-4-10-34(15-18)25-30-12-19(13-31-25)32-23-20-11-17(28)8-9-22(20)29-14-21(23)24(35)16-6-7-16/h8-9,11-14,16,18H,4-7,10,15H2,1-3H3,(H,29,32)(H,33,36). The fourth-order valence-corrected chi connectivity index (χ4v) is 4.86. The van der Waals surface area contributed by atoms with Crippen molar-refractivity contribution in [3.8, 4) is 0 Å². The SMILES string of the molecule is CC(C)(C)OC(=O)NC1CCCN(c2ncc(Nc3c(C(=O)C4CC4)cnc4ccc(Br)cc34)cn2)C1. The molecule has 0 radical (unpaired) electrons. The van der Waals surface area contributed by atoms with Crippen molar-refractivity contribution < 1.29 is 14.3 Å². The number of nitrogens with zero attached hydrogens (tertiary/aromatic N) is 4. The molecule has 2 N–H and O–H groups in total. The summed E-state index contributed by atoms with van der Waals surface area (Å²) in [5, 5.41) is 7.21. The molecule has 9 nitrogen and oxygen atoms in total. The average Bonchev–Trinajstić information content (AvgIpc) is 3.69. The van der Waals surface area contributed by atoms with E-state index in [0.717, 1.165) is 53.3 Å². The van der Waals surface area contributed by atoms with Gasteiger partial charge >= 0.3 is 6.09 Å². The summed E-state index contributed by atoms with van der Waals surface area (Å²) in [6, 6.07) is 5.79. The molecule has 2 aromatic heterocycles. The first kappa shape index (κ1) is 25.4. The van der Waals surface area contributed by atoms with Gasteiger partial charge in [0.1, 0.15) is 5.60 Å². The van der Waals surface area contributed by atoms with E-state index in [9.17, 15) is 9.59 Å². The van der Waals surface area contributed by atoms with Gasteiger partial charge in [0.25, 0.3) is 0 Å². The lowest BCUT2D eigenvalue weighted by atomic mass is 10.0. The molecule has 3 heterocycles.